The Morgan fingerprint density at radius 1 is 1.61 bits per heavy atom. The summed E-state index contributed by atoms with van der Waals surface area (Å²) in [5.74, 6) is -0.702. The quantitative estimate of drug-likeness (QED) is 0.869. The minimum absolute atomic E-state index is 0.0757. The number of nitrogens with zero attached hydrogens (tertiary/aromatic N) is 1. The molecule has 6 heteroatoms. The topological polar surface area (TPSA) is 51.2 Å². The van der Waals surface area contributed by atoms with Crippen molar-refractivity contribution >= 4 is 21.8 Å². The lowest BCUT2D eigenvalue weighted by Gasteiger charge is -2.22. The third-order valence-electron chi connectivity index (χ3n) is 2.83. The maximum Gasteiger partial charge on any atom is 0.271 e. The van der Waals surface area contributed by atoms with Crippen LogP contribution in [0.1, 0.15) is 23.3 Å². The highest BCUT2D eigenvalue weighted by molar-refractivity contribution is 9.10. The largest absolute Gasteiger partial charge is 0.381 e. The number of hydrogen-bond donors (Lipinski definition) is 1. The van der Waals surface area contributed by atoms with E-state index < -0.39 is 5.95 Å². The Hall–Kier alpha value is -1.01. The second kappa shape index (κ2) is 6.24. The number of amides is 1. The second-order valence-electron chi connectivity index (χ2n) is 4.26. The number of carbonyl (C=O) groups is 1. The number of nitrogens with one attached hydrogen (secondary N) is 1. The molecule has 2 rings (SSSR count). The van der Waals surface area contributed by atoms with Gasteiger partial charge in [-0.25, -0.2) is 4.98 Å². The van der Waals surface area contributed by atoms with Gasteiger partial charge in [-0.05, 0) is 46.8 Å². The third kappa shape index (κ3) is 3.49. The highest BCUT2D eigenvalue weighted by atomic mass is 79.9. The van der Waals surface area contributed by atoms with Crippen molar-refractivity contribution in [1.29, 1.82) is 0 Å². The van der Waals surface area contributed by atoms with E-state index >= 15 is 0 Å². The molecule has 1 amide bonds. The highest BCUT2D eigenvalue weighted by Gasteiger charge is 2.17. The van der Waals surface area contributed by atoms with Crippen LogP contribution in [0.3, 0.4) is 0 Å². The molecule has 0 aliphatic carbocycles. The van der Waals surface area contributed by atoms with E-state index in [4.69, 9.17) is 4.74 Å². The standard InChI is InChI=1S/C12H14BrFN2O2/c13-9-3-4-10(14)16-11(9)12(17)15-6-8-2-1-5-18-7-8/h3-4,8H,1-2,5-7H2,(H,15,17)/t8-/m1/s1. The molecule has 0 unspecified atom stereocenters. The third-order valence-corrected chi connectivity index (χ3v) is 3.47. The van der Waals surface area contributed by atoms with Gasteiger partial charge in [0, 0.05) is 17.6 Å². The van der Waals surface area contributed by atoms with E-state index in [0.717, 1.165) is 19.4 Å². The number of ether oxygens (including phenoxy) is 1. The van der Waals surface area contributed by atoms with Gasteiger partial charge in [-0.3, -0.25) is 4.79 Å². The van der Waals surface area contributed by atoms with E-state index in [1.807, 2.05) is 0 Å². The normalized spacial score (nSPS) is 19.6. The second-order valence-corrected chi connectivity index (χ2v) is 5.11. The molecule has 0 aromatic carbocycles. The fourth-order valence-electron chi connectivity index (χ4n) is 1.87. The lowest BCUT2D eigenvalue weighted by atomic mass is 10.0. The summed E-state index contributed by atoms with van der Waals surface area (Å²) in [4.78, 5) is 15.4. The number of rotatable bonds is 3. The molecule has 1 aliphatic rings. The number of halogens is 2. The van der Waals surface area contributed by atoms with Gasteiger partial charge in [0.25, 0.3) is 5.91 Å². The van der Waals surface area contributed by atoms with Gasteiger partial charge < -0.3 is 10.1 Å². The summed E-state index contributed by atoms with van der Waals surface area (Å²) in [5.41, 5.74) is 0.0757. The van der Waals surface area contributed by atoms with Crippen LogP contribution in [0.15, 0.2) is 16.6 Å². The Kier molecular flexibility index (Phi) is 4.66. The summed E-state index contributed by atoms with van der Waals surface area (Å²) in [5, 5.41) is 2.76. The van der Waals surface area contributed by atoms with Crippen molar-refractivity contribution in [2.75, 3.05) is 19.8 Å². The van der Waals surface area contributed by atoms with Crippen LogP contribution in [0.5, 0.6) is 0 Å². The van der Waals surface area contributed by atoms with E-state index in [1.54, 1.807) is 0 Å². The molecule has 1 aromatic rings. The van der Waals surface area contributed by atoms with Gasteiger partial charge in [-0.15, -0.1) is 0 Å². The van der Waals surface area contributed by atoms with E-state index in [0.29, 0.717) is 23.5 Å². The molecular weight excluding hydrogens is 303 g/mol. The van der Waals surface area contributed by atoms with Gasteiger partial charge in [0.05, 0.1) is 6.61 Å². The molecule has 1 saturated heterocycles. The average Bonchev–Trinajstić information content (AvgIpc) is 2.40. The van der Waals surface area contributed by atoms with E-state index in [1.165, 1.54) is 12.1 Å². The molecule has 1 atom stereocenters. The van der Waals surface area contributed by atoms with Crippen molar-refractivity contribution < 1.29 is 13.9 Å². The van der Waals surface area contributed by atoms with Crippen LogP contribution in [0, 0.1) is 11.9 Å². The summed E-state index contributed by atoms with van der Waals surface area (Å²) >= 11 is 3.18. The molecule has 0 bridgehead atoms. The number of hydrogen-bond acceptors (Lipinski definition) is 3. The average molecular weight is 317 g/mol. The molecule has 4 nitrogen and oxygen atoms in total. The zero-order valence-corrected chi connectivity index (χ0v) is 11.4. The zero-order chi connectivity index (χ0) is 13.0. The van der Waals surface area contributed by atoms with Gasteiger partial charge >= 0.3 is 0 Å². The molecule has 0 radical (unpaired) electrons. The van der Waals surface area contributed by atoms with Crippen LogP contribution in [-0.4, -0.2) is 30.6 Å². The summed E-state index contributed by atoms with van der Waals surface area (Å²) in [7, 11) is 0. The van der Waals surface area contributed by atoms with Crippen molar-refractivity contribution in [3.8, 4) is 0 Å². The number of pyridine rings is 1. The first kappa shape index (κ1) is 13.4. The fourth-order valence-corrected chi connectivity index (χ4v) is 2.27. The van der Waals surface area contributed by atoms with Crippen LogP contribution >= 0.6 is 15.9 Å². The predicted octanol–water partition coefficient (Wildman–Crippen LogP) is 2.14. The Morgan fingerprint density at radius 3 is 3.17 bits per heavy atom. The fraction of sp³-hybridized carbons (Fsp3) is 0.500. The Labute approximate surface area is 113 Å². The van der Waals surface area contributed by atoms with E-state index in [2.05, 4.69) is 26.2 Å². The SMILES string of the molecule is O=C(NC[C@H]1CCCOC1)c1nc(F)ccc1Br. The lowest BCUT2D eigenvalue weighted by molar-refractivity contribution is 0.0535. The molecule has 2 heterocycles. The molecule has 98 valence electrons. The van der Waals surface area contributed by atoms with Crippen molar-refractivity contribution in [3.05, 3.63) is 28.2 Å². The van der Waals surface area contributed by atoms with Gasteiger partial charge in [0.2, 0.25) is 5.95 Å². The van der Waals surface area contributed by atoms with E-state index in [9.17, 15) is 9.18 Å². The molecule has 18 heavy (non-hydrogen) atoms. The first-order valence-electron chi connectivity index (χ1n) is 5.85. The predicted molar refractivity (Wildman–Crippen MR) is 67.8 cm³/mol. The number of carbonyl (C=O) groups excluding carboxylic acids is 1. The van der Waals surface area contributed by atoms with Crippen molar-refractivity contribution in [2.24, 2.45) is 5.92 Å². The first-order valence-corrected chi connectivity index (χ1v) is 6.64. The molecule has 1 aliphatic heterocycles. The summed E-state index contributed by atoms with van der Waals surface area (Å²) in [6.07, 6.45) is 2.06. The molecule has 0 saturated carbocycles. The maximum absolute atomic E-state index is 13.0. The summed E-state index contributed by atoms with van der Waals surface area (Å²) in [6.45, 7) is 1.99. The molecule has 1 N–H and O–H groups in total. The van der Waals surface area contributed by atoms with Crippen LogP contribution < -0.4 is 5.32 Å². The van der Waals surface area contributed by atoms with Crippen LogP contribution in [-0.2, 0) is 4.74 Å². The Balaban J connectivity index is 1.92. The monoisotopic (exact) mass is 316 g/mol. The van der Waals surface area contributed by atoms with Crippen LogP contribution in [0.25, 0.3) is 0 Å². The minimum Gasteiger partial charge on any atom is -0.381 e. The van der Waals surface area contributed by atoms with Crippen LogP contribution in [0.4, 0.5) is 4.39 Å². The van der Waals surface area contributed by atoms with Gasteiger partial charge in [0.1, 0.15) is 5.69 Å². The summed E-state index contributed by atoms with van der Waals surface area (Å²) < 4.78 is 18.8. The van der Waals surface area contributed by atoms with Crippen molar-refractivity contribution in [1.82, 2.24) is 10.3 Å². The molecule has 1 fully saturated rings. The molecular formula is C12H14BrFN2O2. The van der Waals surface area contributed by atoms with Crippen molar-refractivity contribution in [3.63, 3.8) is 0 Å². The smallest absolute Gasteiger partial charge is 0.271 e. The lowest BCUT2D eigenvalue weighted by Crippen LogP contribution is -2.33. The first-order chi connectivity index (χ1) is 8.66. The van der Waals surface area contributed by atoms with Gasteiger partial charge in [-0.2, -0.15) is 4.39 Å². The van der Waals surface area contributed by atoms with Gasteiger partial charge in [0.15, 0.2) is 0 Å². The Bertz CT molecular complexity index is 436. The van der Waals surface area contributed by atoms with E-state index in [-0.39, 0.29) is 11.6 Å². The Morgan fingerprint density at radius 2 is 2.44 bits per heavy atom. The molecule has 0 spiro atoms. The zero-order valence-electron chi connectivity index (χ0n) is 9.79. The van der Waals surface area contributed by atoms with Crippen LogP contribution in [0.2, 0.25) is 0 Å². The van der Waals surface area contributed by atoms with Gasteiger partial charge in [-0.1, -0.05) is 0 Å². The van der Waals surface area contributed by atoms with Crippen molar-refractivity contribution in [2.45, 2.75) is 12.8 Å². The highest BCUT2D eigenvalue weighted by Crippen LogP contribution is 2.16. The minimum atomic E-state index is -0.663. The number of aromatic nitrogens is 1. The summed E-state index contributed by atoms with van der Waals surface area (Å²) in [6, 6.07) is 2.68. The molecule has 1 aromatic heterocycles. The maximum atomic E-state index is 13.0.